The highest BCUT2D eigenvalue weighted by molar-refractivity contribution is 9.10. The molecule has 1 aromatic rings. The molecule has 72 valence electrons. The van der Waals surface area contributed by atoms with Gasteiger partial charge in [-0.15, -0.1) is 0 Å². The van der Waals surface area contributed by atoms with Gasteiger partial charge in [-0.1, -0.05) is 0 Å². The molecule has 0 bridgehead atoms. The third kappa shape index (κ3) is 1.42. The van der Waals surface area contributed by atoms with Crippen LogP contribution in [0.5, 0.6) is 0 Å². The predicted octanol–water partition coefficient (Wildman–Crippen LogP) is 2.17. The fourth-order valence-corrected chi connectivity index (χ4v) is 2.54. The SMILES string of the molecule is CC(C)n1nc2c(c1Br)CN(C)C2. The van der Waals surface area contributed by atoms with E-state index in [0.29, 0.717) is 6.04 Å². The summed E-state index contributed by atoms with van der Waals surface area (Å²) in [5.41, 5.74) is 2.58. The molecule has 0 spiro atoms. The van der Waals surface area contributed by atoms with Crippen molar-refractivity contribution in [1.82, 2.24) is 14.7 Å². The molecule has 0 saturated carbocycles. The van der Waals surface area contributed by atoms with Crippen LogP contribution in [-0.4, -0.2) is 21.7 Å². The van der Waals surface area contributed by atoms with Crippen molar-refractivity contribution in [3.63, 3.8) is 0 Å². The summed E-state index contributed by atoms with van der Waals surface area (Å²) in [7, 11) is 2.12. The van der Waals surface area contributed by atoms with Crippen LogP contribution in [0, 0.1) is 0 Å². The van der Waals surface area contributed by atoms with Gasteiger partial charge < -0.3 is 0 Å². The fourth-order valence-electron chi connectivity index (χ4n) is 1.70. The Labute approximate surface area is 86.8 Å². The van der Waals surface area contributed by atoms with Crippen LogP contribution in [0.25, 0.3) is 0 Å². The fraction of sp³-hybridized carbons (Fsp3) is 0.667. The number of hydrogen-bond acceptors (Lipinski definition) is 2. The van der Waals surface area contributed by atoms with Gasteiger partial charge in [0.05, 0.1) is 5.69 Å². The van der Waals surface area contributed by atoms with Crippen molar-refractivity contribution in [2.75, 3.05) is 7.05 Å². The standard InChI is InChI=1S/C9H14BrN3/c1-6(2)13-9(10)7-4-12(3)5-8(7)11-13/h6H,4-5H2,1-3H3. The van der Waals surface area contributed by atoms with Gasteiger partial charge in [0.2, 0.25) is 0 Å². The van der Waals surface area contributed by atoms with E-state index in [4.69, 9.17) is 0 Å². The van der Waals surface area contributed by atoms with Crippen molar-refractivity contribution in [3.8, 4) is 0 Å². The van der Waals surface area contributed by atoms with Gasteiger partial charge in [-0.2, -0.15) is 5.10 Å². The average molecular weight is 244 g/mol. The number of rotatable bonds is 1. The molecule has 2 rings (SSSR count). The lowest BCUT2D eigenvalue weighted by Gasteiger charge is -2.10. The topological polar surface area (TPSA) is 21.1 Å². The van der Waals surface area contributed by atoms with Crippen molar-refractivity contribution < 1.29 is 0 Å². The van der Waals surface area contributed by atoms with Gasteiger partial charge in [0, 0.05) is 24.7 Å². The summed E-state index contributed by atoms with van der Waals surface area (Å²) in [6.07, 6.45) is 0. The van der Waals surface area contributed by atoms with E-state index in [1.54, 1.807) is 0 Å². The van der Waals surface area contributed by atoms with E-state index in [9.17, 15) is 0 Å². The molecule has 0 N–H and O–H groups in total. The molecule has 3 nitrogen and oxygen atoms in total. The first-order valence-corrected chi connectivity index (χ1v) is 5.33. The van der Waals surface area contributed by atoms with Gasteiger partial charge in [-0.05, 0) is 36.8 Å². The zero-order valence-corrected chi connectivity index (χ0v) is 9.80. The number of fused-ring (bicyclic) bond motifs is 1. The zero-order valence-electron chi connectivity index (χ0n) is 8.21. The van der Waals surface area contributed by atoms with Gasteiger partial charge in [0.25, 0.3) is 0 Å². The molecule has 1 aliphatic rings. The Balaban J connectivity index is 2.41. The van der Waals surface area contributed by atoms with Crippen molar-refractivity contribution >= 4 is 15.9 Å². The second-order valence-electron chi connectivity index (χ2n) is 3.93. The first-order chi connectivity index (χ1) is 6.09. The van der Waals surface area contributed by atoms with Crippen molar-refractivity contribution in [3.05, 3.63) is 15.9 Å². The van der Waals surface area contributed by atoms with Crippen molar-refractivity contribution in [1.29, 1.82) is 0 Å². The van der Waals surface area contributed by atoms with Crippen LogP contribution < -0.4 is 0 Å². The summed E-state index contributed by atoms with van der Waals surface area (Å²) >= 11 is 3.60. The molecule has 0 atom stereocenters. The smallest absolute Gasteiger partial charge is 0.109 e. The lowest BCUT2D eigenvalue weighted by Crippen LogP contribution is -2.12. The molecular weight excluding hydrogens is 230 g/mol. The Morgan fingerprint density at radius 1 is 1.38 bits per heavy atom. The molecule has 0 amide bonds. The maximum absolute atomic E-state index is 4.57. The van der Waals surface area contributed by atoms with Gasteiger partial charge in [-0.25, -0.2) is 0 Å². The molecule has 0 aliphatic carbocycles. The number of hydrogen-bond donors (Lipinski definition) is 0. The predicted molar refractivity (Wildman–Crippen MR) is 55.5 cm³/mol. The highest BCUT2D eigenvalue weighted by Crippen LogP contribution is 2.29. The van der Waals surface area contributed by atoms with Crippen LogP contribution in [0.3, 0.4) is 0 Å². The van der Waals surface area contributed by atoms with E-state index >= 15 is 0 Å². The van der Waals surface area contributed by atoms with E-state index < -0.39 is 0 Å². The first-order valence-electron chi connectivity index (χ1n) is 4.54. The third-order valence-electron chi connectivity index (χ3n) is 2.36. The lowest BCUT2D eigenvalue weighted by atomic mass is 10.3. The summed E-state index contributed by atoms with van der Waals surface area (Å²) in [6, 6.07) is 0.435. The van der Waals surface area contributed by atoms with Crippen LogP contribution in [0.1, 0.15) is 31.1 Å². The Morgan fingerprint density at radius 2 is 2.08 bits per heavy atom. The minimum Gasteiger partial charge on any atom is -0.296 e. The van der Waals surface area contributed by atoms with Crippen molar-refractivity contribution in [2.45, 2.75) is 33.0 Å². The molecule has 2 heterocycles. The Kier molecular flexibility index (Phi) is 2.20. The number of halogens is 1. The van der Waals surface area contributed by atoms with E-state index in [2.05, 4.69) is 51.5 Å². The first kappa shape index (κ1) is 9.21. The molecule has 0 aromatic carbocycles. The largest absolute Gasteiger partial charge is 0.296 e. The molecule has 4 heteroatoms. The summed E-state index contributed by atoms with van der Waals surface area (Å²) in [4.78, 5) is 2.27. The van der Waals surface area contributed by atoms with Crippen LogP contribution in [0.4, 0.5) is 0 Å². The van der Waals surface area contributed by atoms with Crippen molar-refractivity contribution in [2.24, 2.45) is 0 Å². The highest BCUT2D eigenvalue weighted by atomic mass is 79.9. The number of nitrogens with zero attached hydrogens (tertiary/aromatic N) is 3. The third-order valence-corrected chi connectivity index (χ3v) is 3.21. The van der Waals surface area contributed by atoms with Crippen LogP contribution in [0.2, 0.25) is 0 Å². The normalized spacial score (nSPS) is 17.0. The van der Waals surface area contributed by atoms with Crippen LogP contribution in [0.15, 0.2) is 4.60 Å². The highest BCUT2D eigenvalue weighted by Gasteiger charge is 2.24. The Bertz CT molecular complexity index is 330. The Hall–Kier alpha value is -0.350. The van der Waals surface area contributed by atoms with Gasteiger partial charge in [0.1, 0.15) is 4.60 Å². The summed E-state index contributed by atoms with van der Waals surface area (Å²) < 4.78 is 3.21. The second-order valence-corrected chi connectivity index (χ2v) is 4.68. The van der Waals surface area contributed by atoms with Gasteiger partial charge >= 0.3 is 0 Å². The van der Waals surface area contributed by atoms with Gasteiger partial charge in [0.15, 0.2) is 0 Å². The molecular formula is C9H14BrN3. The average Bonchev–Trinajstić information content (AvgIpc) is 2.51. The molecule has 0 unspecified atom stereocenters. The van der Waals surface area contributed by atoms with Gasteiger partial charge in [-0.3, -0.25) is 9.58 Å². The second kappa shape index (κ2) is 3.10. The summed E-state index contributed by atoms with van der Waals surface area (Å²) in [5.74, 6) is 0. The summed E-state index contributed by atoms with van der Waals surface area (Å²) in [5, 5.41) is 4.57. The monoisotopic (exact) mass is 243 g/mol. The quantitative estimate of drug-likeness (QED) is 0.754. The lowest BCUT2D eigenvalue weighted by molar-refractivity contribution is 0.341. The molecule has 13 heavy (non-hydrogen) atoms. The Morgan fingerprint density at radius 3 is 2.62 bits per heavy atom. The van der Waals surface area contributed by atoms with E-state index in [-0.39, 0.29) is 0 Å². The van der Waals surface area contributed by atoms with E-state index in [1.807, 2.05) is 0 Å². The number of aromatic nitrogens is 2. The molecule has 0 fully saturated rings. The zero-order chi connectivity index (χ0) is 9.59. The minimum absolute atomic E-state index is 0.435. The van der Waals surface area contributed by atoms with E-state index in [0.717, 1.165) is 17.7 Å². The molecule has 1 aliphatic heterocycles. The minimum atomic E-state index is 0.435. The van der Waals surface area contributed by atoms with E-state index in [1.165, 1.54) is 11.3 Å². The molecule has 1 aromatic heterocycles. The molecule has 0 radical (unpaired) electrons. The van der Waals surface area contributed by atoms with Crippen LogP contribution >= 0.6 is 15.9 Å². The molecule has 0 saturated heterocycles. The maximum atomic E-state index is 4.57. The summed E-state index contributed by atoms with van der Waals surface area (Å²) in [6.45, 7) is 6.30. The maximum Gasteiger partial charge on any atom is 0.109 e. The van der Waals surface area contributed by atoms with Crippen LogP contribution in [-0.2, 0) is 13.1 Å².